The van der Waals surface area contributed by atoms with Gasteiger partial charge in [0.1, 0.15) is 0 Å². The molecule has 0 atom stereocenters. The lowest BCUT2D eigenvalue weighted by atomic mass is 10.1. The average Bonchev–Trinajstić information content (AvgIpc) is 3.19. The zero-order valence-corrected chi connectivity index (χ0v) is 16.1. The van der Waals surface area contributed by atoms with E-state index >= 15 is 0 Å². The van der Waals surface area contributed by atoms with Crippen LogP contribution in [0.2, 0.25) is 0 Å². The monoisotopic (exact) mass is 357 g/mol. The molecule has 2 aromatic rings. The Labute approximate surface area is 154 Å². The maximum Gasteiger partial charge on any atom is 0.291 e. The van der Waals surface area contributed by atoms with Gasteiger partial charge in [-0.2, -0.15) is 5.10 Å². The third kappa shape index (κ3) is 6.20. The summed E-state index contributed by atoms with van der Waals surface area (Å²) in [5, 5.41) is 8.41. The summed E-state index contributed by atoms with van der Waals surface area (Å²) in [6.07, 6.45) is 2.72. The molecule has 0 spiro atoms. The van der Waals surface area contributed by atoms with Crippen molar-refractivity contribution in [2.45, 2.75) is 40.5 Å². The van der Waals surface area contributed by atoms with Crippen molar-refractivity contribution >= 4 is 23.2 Å². The van der Waals surface area contributed by atoms with Crippen molar-refractivity contribution in [1.29, 1.82) is 0 Å². The van der Waals surface area contributed by atoms with Crippen molar-refractivity contribution in [3.8, 4) is 0 Å². The third-order valence-corrected chi connectivity index (χ3v) is 3.43. The summed E-state index contributed by atoms with van der Waals surface area (Å²) in [6, 6.07) is 10.5. The minimum atomic E-state index is -0.303. The number of benzene rings is 1. The second-order valence-corrected chi connectivity index (χ2v) is 5.36. The number of hydrogen-bond donors (Lipinski definition) is 1. The van der Waals surface area contributed by atoms with E-state index in [1.807, 2.05) is 39.8 Å². The van der Waals surface area contributed by atoms with Gasteiger partial charge in [-0.15, -0.1) is 0 Å². The van der Waals surface area contributed by atoms with Crippen molar-refractivity contribution < 1.29 is 14.0 Å². The zero-order chi connectivity index (χ0) is 19.5. The minimum absolute atomic E-state index is 0.0146. The van der Waals surface area contributed by atoms with E-state index in [4.69, 9.17) is 4.42 Å². The lowest BCUT2D eigenvalue weighted by molar-refractivity contribution is -0.129. The standard InChI is InChI=1S/C18H21N3O3.C2H6/c1-4-6-17(22)21(3)20-13(2)14-8-10-15(11-9-14)19-18(23)16-7-5-12-24-16;1-2/h5,7-12H,4,6H2,1-3H3,(H,19,23);1-2H3/b20-13+;. The fraction of sp³-hybridized carbons (Fsp3) is 0.350. The van der Waals surface area contributed by atoms with Crippen LogP contribution in [0.1, 0.15) is 56.7 Å². The van der Waals surface area contributed by atoms with Gasteiger partial charge in [-0.25, -0.2) is 5.01 Å². The molecule has 0 aliphatic rings. The maximum absolute atomic E-state index is 11.9. The Morgan fingerprint density at radius 1 is 1.15 bits per heavy atom. The number of amides is 2. The molecule has 0 aliphatic heterocycles. The van der Waals surface area contributed by atoms with E-state index in [-0.39, 0.29) is 17.6 Å². The molecule has 6 heteroatoms. The largest absolute Gasteiger partial charge is 0.459 e. The topological polar surface area (TPSA) is 74.9 Å². The number of rotatable bonds is 6. The van der Waals surface area contributed by atoms with Gasteiger partial charge in [0.25, 0.3) is 5.91 Å². The van der Waals surface area contributed by atoms with E-state index in [1.165, 1.54) is 11.3 Å². The Morgan fingerprint density at radius 2 is 1.81 bits per heavy atom. The molecule has 0 saturated carbocycles. The Hall–Kier alpha value is -2.89. The molecule has 1 aromatic heterocycles. The first-order valence-electron chi connectivity index (χ1n) is 8.78. The van der Waals surface area contributed by atoms with Crippen LogP contribution in [0.5, 0.6) is 0 Å². The molecule has 0 aliphatic carbocycles. The van der Waals surface area contributed by atoms with Crippen LogP contribution in [0.3, 0.4) is 0 Å². The fourth-order valence-electron chi connectivity index (χ4n) is 2.11. The van der Waals surface area contributed by atoms with Crippen molar-refractivity contribution in [3.63, 3.8) is 0 Å². The van der Waals surface area contributed by atoms with Gasteiger partial charge in [-0.1, -0.05) is 32.9 Å². The summed E-state index contributed by atoms with van der Waals surface area (Å²) >= 11 is 0. The number of anilines is 1. The van der Waals surface area contributed by atoms with Crippen LogP contribution in [0.4, 0.5) is 5.69 Å². The first-order chi connectivity index (χ1) is 12.5. The molecule has 0 bridgehead atoms. The smallest absolute Gasteiger partial charge is 0.291 e. The van der Waals surface area contributed by atoms with Gasteiger partial charge in [0.2, 0.25) is 5.91 Å². The summed E-state index contributed by atoms with van der Waals surface area (Å²) in [7, 11) is 1.65. The van der Waals surface area contributed by atoms with Crippen LogP contribution >= 0.6 is 0 Å². The van der Waals surface area contributed by atoms with Gasteiger partial charge in [-0.05, 0) is 43.2 Å². The van der Waals surface area contributed by atoms with Crippen LogP contribution < -0.4 is 5.32 Å². The predicted octanol–water partition coefficient (Wildman–Crippen LogP) is 4.54. The number of furan rings is 1. The number of carbonyl (C=O) groups excluding carboxylic acids is 2. The molecule has 1 N–H and O–H groups in total. The van der Waals surface area contributed by atoms with Gasteiger partial charge in [0.05, 0.1) is 12.0 Å². The summed E-state index contributed by atoms with van der Waals surface area (Å²) in [5.74, 6) is -0.0601. The van der Waals surface area contributed by atoms with E-state index in [9.17, 15) is 9.59 Å². The van der Waals surface area contributed by atoms with Gasteiger partial charge in [-0.3, -0.25) is 9.59 Å². The highest BCUT2D eigenvalue weighted by molar-refractivity contribution is 6.03. The molecule has 0 saturated heterocycles. The molecule has 140 valence electrons. The van der Waals surface area contributed by atoms with E-state index in [0.717, 1.165) is 17.7 Å². The molecule has 2 amide bonds. The van der Waals surface area contributed by atoms with Gasteiger partial charge in [0, 0.05) is 19.2 Å². The molecular formula is C20H27N3O3. The van der Waals surface area contributed by atoms with E-state index < -0.39 is 0 Å². The van der Waals surface area contributed by atoms with E-state index in [1.54, 1.807) is 31.3 Å². The molecule has 0 radical (unpaired) electrons. The van der Waals surface area contributed by atoms with Gasteiger partial charge >= 0.3 is 0 Å². The number of nitrogens with one attached hydrogen (secondary N) is 1. The SMILES string of the molecule is CC.CCCC(=O)N(C)/N=C(\C)c1ccc(NC(=O)c2ccco2)cc1. The van der Waals surface area contributed by atoms with Crippen LogP contribution in [0.25, 0.3) is 0 Å². The Kier molecular flexibility index (Phi) is 8.84. The van der Waals surface area contributed by atoms with Crippen molar-refractivity contribution in [2.75, 3.05) is 12.4 Å². The summed E-state index contributed by atoms with van der Waals surface area (Å²) in [5.41, 5.74) is 2.26. The zero-order valence-electron chi connectivity index (χ0n) is 16.1. The molecule has 6 nitrogen and oxygen atoms in total. The van der Waals surface area contributed by atoms with Crippen molar-refractivity contribution in [3.05, 3.63) is 54.0 Å². The molecule has 1 aromatic carbocycles. The summed E-state index contributed by atoms with van der Waals surface area (Å²) in [6.45, 7) is 7.80. The first kappa shape index (κ1) is 21.2. The number of hydrazone groups is 1. The lowest BCUT2D eigenvalue weighted by Gasteiger charge is -2.12. The fourth-order valence-corrected chi connectivity index (χ4v) is 2.11. The highest BCUT2D eigenvalue weighted by Gasteiger charge is 2.10. The van der Waals surface area contributed by atoms with Gasteiger partial charge in [0.15, 0.2) is 5.76 Å². The van der Waals surface area contributed by atoms with Crippen LogP contribution in [-0.2, 0) is 4.79 Å². The third-order valence-electron chi connectivity index (χ3n) is 3.43. The average molecular weight is 357 g/mol. The summed E-state index contributed by atoms with van der Waals surface area (Å²) < 4.78 is 5.05. The van der Waals surface area contributed by atoms with Gasteiger partial charge < -0.3 is 9.73 Å². The normalized spacial score (nSPS) is 10.6. The number of hydrogen-bond acceptors (Lipinski definition) is 4. The number of nitrogens with zero attached hydrogens (tertiary/aromatic N) is 2. The highest BCUT2D eigenvalue weighted by Crippen LogP contribution is 2.13. The predicted molar refractivity (Wildman–Crippen MR) is 104 cm³/mol. The van der Waals surface area contributed by atoms with Crippen LogP contribution in [-0.4, -0.2) is 29.6 Å². The Bertz CT molecular complexity index is 719. The van der Waals surface area contributed by atoms with E-state index in [2.05, 4.69) is 10.4 Å². The first-order valence-corrected chi connectivity index (χ1v) is 8.78. The van der Waals surface area contributed by atoms with Crippen LogP contribution in [0, 0.1) is 0 Å². The van der Waals surface area contributed by atoms with Crippen LogP contribution in [0.15, 0.2) is 52.2 Å². The molecule has 26 heavy (non-hydrogen) atoms. The number of carbonyl (C=O) groups is 2. The van der Waals surface area contributed by atoms with Crippen molar-refractivity contribution in [2.24, 2.45) is 5.10 Å². The molecule has 1 heterocycles. The Balaban J connectivity index is 0.00000163. The second-order valence-electron chi connectivity index (χ2n) is 5.36. The molecular weight excluding hydrogens is 330 g/mol. The minimum Gasteiger partial charge on any atom is -0.459 e. The Morgan fingerprint density at radius 3 is 2.35 bits per heavy atom. The van der Waals surface area contributed by atoms with Crippen molar-refractivity contribution in [1.82, 2.24) is 5.01 Å². The second kappa shape index (κ2) is 10.9. The molecule has 0 fully saturated rings. The molecule has 2 rings (SSSR count). The van der Waals surface area contributed by atoms with E-state index in [0.29, 0.717) is 12.1 Å². The lowest BCUT2D eigenvalue weighted by Crippen LogP contribution is -2.22. The highest BCUT2D eigenvalue weighted by atomic mass is 16.3. The summed E-state index contributed by atoms with van der Waals surface area (Å²) in [4.78, 5) is 23.7. The molecule has 0 unspecified atom stereocenters. The maximum atomic E-state index is 11.9. The quantitative estimate of drug-likeness (QED) is 0.609.